The summed E-state index contributed by atoms with van der Waals surface area (Å²) in [7, 11) is 1.25. The van der Waals surface area contributed by atoms with Crippen molar-refractivity contribution in [2.24, 2.45) is 0 Å². The lowest BCUT2D eigenvalue weighted by molar-refractivity contribution is -0.145. The highest BCUT2D eigenvalue weighted by Crippen LogP contribution is 2.13. The van der Waals surface area contributed by atoms with E-state index in [1.54, 1.807) is 12.1 Å². The highest BCUT2D eigenvalue weighted by molar-refractivity contribution is 5.95. The lowest BCUT2D eigenvalue weighted by Crippen LogP contribution is -2.27. The van der Waals surface area contributed by atoms with Gasteiger partial charge in [-0.2, -0.15) is 0 Å². The largest absolute Gasteiger partial charge is 0.465 e. The average Bonchev–Trinajstić information content (AvgIpc) is 3.08. The molecule has 0 fully saturated rings. The second-order valence-electron chi connectivity index (χ2n) is 5.23. The maximum Gasteiger partial charge on any atom is 0.341 e. The van der Waals surface area contributed by atoms with Crippen LogP contribution in [0.25, 0.3) is 0 Å². The molecule has 1 N–H and O–H groups in total. The normalized spacial score (nSPS) is 10.2. The summed E-state index contributed by atoms with van der Waals surface area (Å²) in [4.78, 5) is 35.2. The number of esters is 2. The van der Waals surface area contributed by atoms with Crippen LogP contribution < -0.4 is 5.32 Å². The molecule has 0 saturated carbocycles. The number of amides is 1. The molecule has 132 valence electrons. The molecule has 0 aliphatic heterocycles. The second kappa shape index (κ2) is 8.68. The minimum absolute atomic E-state index is 0.00584. The fourth-order valence-corrected chi connectivity index (χ4v) is 2.16. The second-order valence-corrected chi connectivity index (χ2v) is 5.23. The van der Waals surface area contributed by atoms with Crippen LogP contribution in [0.4, 0.5) is 0 Å². The third-order valence-corrected chi connectivity index (χ3v) is 3.52. The van der Waals surface area contributed by atoms with Crippen LogP contribution in [0.3, 0.4) is 0 Å². The van der Waals surface area contributed by atoms with Gasteiger partial charge < -0.3 is 19.2 Å². The third kappa shape index (κ3) is 4.94. The quantitative estimate of drug-likeness (QED) is 0.773. The van der Waals surface area contributed by atoms with Gasteiger partial charge >= 0.3 is 11.9 Å². The van der Waals surface area contributed by atoms with Gasteiger partial charge in [-0.3, -0.25) is 9.59 Å². The number of benzene rings is 1. The number of furan rings is 1. The molecule has 1 heterocycles. The van der Waals surface area contributed by atoms with Crippen molar-refractivity contribution in [1.29, 1.82) is 0 Å². The molecule has 0 aliphatic rings. The summed E-state index contributed by atoms with van der Waals surface area (Å²) in [5.74, 6) is -1.11. The Kier molecular flexibility index (Phi) is 6.33. The molecule has 0 aliphatic carbocycles. The predicted molar refractivity (Wildman–Crippen MR) is 88.0 cm³/mol. The molecule has 1 amide bonds. The highest BCUT2D eigenvalue weighted by atomic mass is 16.5. The van der Waals surface area contributed by atoms with Crippen molar-refractivity contribution in [3.05, 3.63) is 59.0 Å². The SMILES string of the molecule is COC(=O)c1ccoc1COC(=O)CCNC(=O)c1ccccc1C. The first-order valence-corrected chi connectivity index (χ1v) is 7.67. The number of hydrogen-bond acceptors (Lipinski definition) is 6. The lowest BCUT2D eigenvalue weighted by atomic mass is 10.1. The Morgan fingerprint density at radius 3 is 2.60 bits per heavy atom. The molecule has 25 heavy (non-hydrogen) atoms. The molecule has 7 nitrogen and oxygen atoms in total. The van der Waals surface area contributed by atoms with Crippen LogP contribution in [0.15, 0.2) is 41.0 Å². The summed E-state index contributed by atoms with van der Waals surface area (Å²) in [5, 5.41) is 2.67. The monoisotopic (exact) mass is 345 g/mol. The zero-order chi connectivity index (χ0) is 18.2. The van der Waals surface area contributed by atoms with Crippen LogP contribution in [0.5, 0.6) is 0 Å². The van der Waals surface area contributed by atoms with E-state index in [0.717, 1.165) is 5.56 Å². The maximum absolute atomic E-state index is 12.0. The fraction of sp³-hybridized carbons (Fsp3) is 0.278. The van der Waals surface area contributed by atoms with Gasteiger partial charge in [0.2, 0.25) is 0 Å². The third-order valence-electron chi connectivity index (χ3n) is 3.52. The molecular formula is C18H19NO6. The number of hydrogen-bond donors (Lipinski definition) is 1. The van der Waals surface area contributed by atoms with E-state index in [2.05, 4.69) is 10.1 Å². The van der Waals surface area contributed by atoms with Gasteiger partial charge in [0.15, 0.2) is 5.76 Å². The van der Waals surface area contributed by atoms with Crippen LogP contribution in [0, 0.1) is 6.92 Å². The first-order chi connectivity index (χ1) is 12.0. The number of nitrogens with one attached hydrogen (secondary N) is 1. The summed E-state index contributed by atoms with van der Waals surface area (Å²) < 4.78 is 14.7. The first-order valence-electron chi connectivity index (χ1n) is 7.67. The van der Waals surface area contributed by atoms with Crippen LogP contribution in [0.1, 0.15) is 38.5 Å². The van der Waals surface area contributed by atoms with Gasteiger partial charge in [-0.25, -0.2) is 4.79 Å². The Bertz CT molecular complexity index is 764. The molecule has 0 spiro atoms. The molecule has 0 radical (unpaired) electrons. The molecule has 2 aromatic rings. The van der Waals surface area contributed by atoms with Gasteiger partial charge in [-0.05, 0) is 24.6 Å². The van der Waals surface area contributed by atoms with E-state index in [-0.39, 0.29) is 36.8 Å². The standard InChI is InChI=1S/C18H19NO6/c1-12-5-3-4-6-13(12)17(21)19-9-7-16(20)25-11-15-14(8-10-24-15)18(22)23-2/h3-6,8,10H,7,9,11H2,1-2H3,(H,19,21). The van der Waals surface area contributed by atoms with Gasteiger partial charge in [0.1, 0.15) is 12.2 Å². The minimum atomic E-state index is -0.565. The van der Waals surface area contributed by atoms with Gasteiger partial charge in [0.25, 0.3) is 5.91 Å². The van der Waals surface area contributed by atoms with Crippen molar-refractivity contribution in [3.8, 4) is 0 Å². The molecule has 1 aromatic heterocycles. The van der Waals surface area contributed by atoms with E-state index in [1.165, 1.54) is 19.4 Å². The van der Waals surface area contributed by atoms with E-state index in [0.29, 0.717) is 5.56 Å². The minimum Gasteiger partial charge on any atom is -0.465 e. The van der Waals surface area contributed by atoms with E-state index in [9.17, 15) is 14.4 Å². The zero-order valence-electron chi connectivity index (χ0n) is 14.0. The number of aryl methyl sites for hydroxylation is 1. The first kappa shape index (κ1) is 18.3. The molecule has 1 aromatic carbocycles. The maximum atomic E-state index is 12.0. The van der Waals surface area contributed by atoms with E-state index < -0.39 is 11.9 Å². The summed E-state index contributed by atoms with van der Waals surface area (Å²) in [6.07, 6.45) is 1.32. The van der Waals surface area contributed by atoms with Gasteiger partial charge in [-0.1, -0.05) is 18.2 Å². The van der Waals surface area contributed by atoms with Gasteiger partial charge in [-0.15, -0.1) is 0 Å². The molecule has 0 saturated heterocycles. The average molecular weight is 345 g/mol. The van der Waals surface area contributed by atoms with Crippen molar-refractivity contribution < 1.29 is 28.3 Å². The number of ether oxygens (including phenoxy) is 2. The summed E-state index contributed by atoms with van der Waals surface area (Å²) in [6, 6.07) is 8.62. The van der Waals surface area contributed by atoms with Crippen LogP contribution in [-0.4, -0.2) is 31.5 Å². The van der Waals surface area contributed by atoms with E-state index in [1.807, 2.05) is 19.1 Å². The summed E-state index contributed by atoms with van der Waals surface area (Å²) in [5.41, 5.74) is 1.63. The van der Waals surface area contributed by atoms with Crippen molar-refractivity contribution in [2.75, 3.05) is 13.7 Å². The number of carbonyl (C=O) groups excluding carboxylic acids is 3. The molecule has 2 rings (SSSR count). The Morgan fingerprint density at radius 2 is 1.88 bits per heavy atom. The highest BCUT2D eigenvalue weighted by Gasteiger charge is 2.16. The number of methoxy groups -OCH3 is 1. The van der Waals surface area contributed by atoms with Gasteiger partial charge in [0.05, 0.1) is 19.8 Å². The molecule has 0 unspecified atom stereocenters. The Labute approximate surface area is 144 Å². The van der Waals surface area contributed by atoms with E-state index in [4.69, 9.17) is 9.15 Å². The van der Waals surface area contributed by atoms with Crippen molar-refractivity contribution in [3.63, 3.8) is 0 Å². The van der Waals surface area contributed by atoms with Crippen LogP contribution in [0.2, 0.25) is 0 Å². The Hall–Kier alpha value is -3.09. The molecule has 7 heteroatoms. The molecule has 0 atom stereocenters. The van der Waals surface area contributed by atoms with Crippen molar-refractivity contribution >= 4 is 17.8 Å². The van der Waals surface area contributed by atoms with Crippen molar-refractivity contribution in [1.82, 2.24) is 5.32 Å². The zero-order valence-corrected chi connectivity index (χ0v) is 14.0. The smallest absolute Gasteiger partial charge is 0.341 e. The topological polar surface area (TPSA) is 94.8 Å². The van der Waals surface area contributed by atoms with Crippen LogP contribution >= 0.6 is 0 Å². The van der Waals surface area contributed by atoms with Gasteiger partial charge in [0, 0.05) is 12.1 Å². The predicted octanol–water partition coefficient (Wildman–Crippen LogP) is 2.24. The van der Waals surface area contributed by atoms with E-state index >= 15 is 0 Å². The van der Waals surface area contributed by atoms with Crippen molar-refractivity contribution in [2.45, 2.75) is 20.0 Å². The number of rotatable bonds is 7. The Balaban J connectivity index is 1.76. The molecular weight excluding hydrogens is 326 g/mol. The molecule has 0 bridgehead atoms. The Morgan fingerprint density at radius 1 is 1.12 bits per heavy atom. The summed E-state index contributed by atoms with van der Waals surface area (Å²) in [6.45, 7) is 1.81. The fourth-order valence-electron chi connectivity index (χ4n) is 2.16. The summed E-state index contributed by atoms with van der Waals surface area (Å²) >= 11 is 0. The lowest BCUT2D eigenvalue weighted by Gasteiger charge is -2.08. The van der Waals surface area contributed by atoms with Crippen LogP contribution in [-0.2, 0) is 20.9 Å². The number of carbonyl (C=O) groups is 3.